The molecule has 3 aromatic rings. The van der Waals surface area contributed by atoms with Crippen molar-refractivity contribution in [2.75, 3.05) is 5.32 Å². The summed E-state index contributed by atoms with van der Waals surface area (Å²) in [6.07, 6.45) is 3.24. The molecule has 2 heterocycles. The lowest BCUT2D eigenvalue weighted by Gasteiger charge is -2.06. The molecular weight excluding hydrogens is 284 g/mol. The summed E-state index contributed by atoms with van der Waals surface area (Å²) in [5.41, 5.74) is 1.99. The first-order valence-electron chi connectivity index (χ1n) is 6.53. The fraction of sp³-hybridized carbons (Fsp3) is 0.0667. The number of benzene rings is 1. The molecule has 7 nitrogen and oxygen atoms in total. The molecule has 3 rings (SSSR count). The summed E-state index contributed by atoms with van der Waals surface area (Å²) < 4.78 is 0. The SMILES string of the molecule is O=C(Cc1ccc2cn[nH]c2c1)Nc1ccnc(C(=O)O)c1. The number of carbonyl (C=O) groups is 2. The Labute approximate surface area is 125 Å². The van der Waals surface area contributed by atoms with E-state index in [4.69, 9.17) is 5.11 Å². The van der Waals surface area contributed by atoms with Crippen LogP contribution in [0.25, 0.3) is 10.9 Å². The Bertz CT molecular complexity index is 857. The molecule has 0 fully saturated rings. The van der Waals surface area contributed by atoms with Crippen LogP contribution < -0.4 is 5.32 Å². The van der Waals surface area contributed by atoms with Crippen LogP contribution in [0, 0.1) is 0 Å². The number of hydrogen-bond donors (Lipinski definition) is 3. The molecule has 0 atom stereocenters. The molecule has 110 valence electrons. The number of H-pyrrole nitrogens is 1. The van der Waals surface area contributed by atoms with Gasteiger partial charge in [0.2, 0.25) is 5.91 Å². The number of nitrogens with one attached hydrogen (secondary N) is 2. The zero-order valence-corrected chi connectivity index (χ0v) is 11.4. The zero-order valence-electron chi connectivity index (χ0n) is 11.4. The average molecular weight is 296 g/mol. The number of amides is 1. The molecule has 0 saturated heterocycles. The second-order valence-electron chi connectivity index (χ2n) is 4.75. The number of aromatic carboxylic acids is 1. The van der Waals surface area contributed by atoms with E-state index in [2.05, 4.69) is 20.5 Å². The van der Waals surface area contributed by atoms with Gasteiger partial charge in [-0.1, -0.05) is 12.1 Å². The van der Waals surface area contributed by atoms with Gasteiger partial charge in [-0.15, -0.1) is 0 Å². The molecule has 0 aliphatic carbocycles. The van der Waals surface area contributed by atoms with Crippen molar-refractivity contribution in [3.63, 3.8) is 0 Å². The van der Waals surface area contributed by atoms with Crippen molar-refractivity contribution in [2.45, 2.75) is 6.42 Å². The van der Waals surface area contributed by atoms with Gasteiger partial charge in [0.1, 0.15) is 5.69 Å². The lowest BCUT2D eigenvalue weighted by molar-refractivity contribution is -0.115. The van der Waals surface area contributed by atoms with Gasteiger partial charge in [-0.05, 0) is 23.8 Å². The highest BCUT2D eigenvalue weighted by Crippen LogP contribution is 2.14. The largest absolute Gasteiger partial charge is 0.477 e. The summed E-state index contributed by atoms with van der Waals surface area (Å²) in [6.45, 7) is 0. The van der Waals surface area contributed by atoms with Crippen LogP contribution >= 0.6 is 0 Å². The maximum atomic E-state index is 12.0. The molecule has 0 saturated carbocycles. The van der Waals surface area contributed by atoms with Crippen LogP contribution in [0.5, 0.6) is 0 Å². The second kappa shape index (κ2) is 5.65. The van der Waals surface area contributed by atoms with Crippen molar-refractivity contribution in [3.8, 4) is 0 Å². The first-order chi connectivity index (χ1) is 10.6. The molecule has 0 radical (unpaired) electrons. The summed E-state index contributed by atoms with van der Waals surface area (Å²) in [4.78, 5) is 26.6. The normalized spacial score (nSPS) is 10.5. The highest BCUT2D eigenvalue weighted by molar-refractivity contribution is 5.94. The van der Waals surface area contributed by atoms with E-state index in [1.165, 1.54) is 12.3 Å². The molecule has 1 aromatic carbocycles. The minimum absolute atomic E-state index is 0.114. The fourth-order valence-corrected chi connectivity index (χ4v) is 2.11. The van der Waals surface area contributed by atoms with E-state index >= 15 is 0 Å². The molecule has 3 N–H and O–H groups in total. The van der Waals surface area contributed by atoms with Gasteiger partial charge >= 0.3 is 5.97 Å². The van der Waals surface area contributed by atoms with E-state index in [9.17, 15) is 9.59 Å². The Kier molecular flexibility index (Phi) is 3.53. The van der Waals surface area contributed by atoms with E-state index in [1.54, 1.807) is 12.3 Å². The predicted octanol–water partition coefficient (Wildman–Crippen LogP) is 1.84. The predicted molar refractivity (Wildman–Crippen MR) is 79.6 cm³/mol. The van der Waals surface area contributed by atoms with Crippen LogP contribution in [-0.4, -0.2) is 32.2 Å². The number of fused-ring (bicyclic) bond motifs is 1. The van der Waals surface area contributed by atoms with Gasteiger partial charge in [-0.25, -0.2) is 9.78 Å². The van der Waals surface area contributed by atoms with Crippen molar-refractivity contribution < 1.29 is 14.7 Å². The molecule has 0 unspecified atom stereocenters. The minimum atomic E-state index is -1.14. The molecular formula is C15H12N4O3. The molecule has 0 aliphatic rings. The Hall–Kier alpha value is -3.22. The number of pyridine rings is 1. The highest BCUT2D eigenvalue weighted by Gasteiger charge is 2.09. The van der Waals surface area contributed by atoms with Crippen molar-refractivity contribution in [2.24, 2.45) is 0 Å². The second-order valence-corrected chi connectivity index (χ2v) is 4.75. The highest BCUT2D eigenvalue weighted by atomic mass is 16.4. The van der Waals surface area contributed by atoms with Gasteiger partial charge < -0.3 is 10.4 Å². The topological polar surface area (TPSA) is 108 Å². The van der Waals surface area contributed by atoms with E-state index in [1.807, 2.05) is 18.2 Å². The summed E-state index contributed by atoms with van der Waals surface area (Å²) in [5.74, 6) is -1.37. The summed E-state index contributed by atoms with van der Waals surface area (Å²) in [5, 5.41) is 19.3. The van der Waals surface area contributed by atoms with Crippen molar-refractivity contribution in [1.29, 1.82) is 0 Å². The van der Waals surface area contributed by atoms with Gasteiger partial charge in [0.25, 0.3) is 0 Å². The van der Waals surface area contributed by atoms with Gasteiger partial charge in [-0.2, -0.15) is 5.10 Å². The van der Waals surface area contributed by atoms with Crippen LogP contribution in [-0.2, 0) is 11.2 Å². The maximum Gasteiger partial charge on any atom is 0.354 e. The first kappa shape index (κ1) is 13.7. The van der Waals surface area contributed by atoms with E-state index in [-0.39, 0.29) is 18.0 Å². The number of aromatic amines is 1. The third kappa shape index (κ3) is 2.93. The summed E-state index contributed by atoms with van der Waals surface area (Å²) >= 11 is 0. The van der Waals surface area contributed by atoms with Crippen molar-refractivity contribution in [3.05, 3.63) is 54.0 Å². The fourth-order valence-electron chi connectivity index (χ4n) is 2.11. The monoisotopic (exact) mass is 296 g/mol. The average Bonchev–Trinajstić information content (AvgIpc) is 2.95. The number of nitrogens with zero attached hydrogens (tertiary/aromatic N) is 2. The summed E-state index contributed by atoms with van der Waals surface area (Å²) in [6, 6.07) is 8.46. The Morgan fingerprint density at radius 1 is 1.23 bits per heavy atom. The zero-order chi connectivity index (χ0) is 15.5. The van der Waals surface area contributed by atoms with Crippen molar-refractivity contribution >= 4 is 28.5 Å². The van der Waals surface area contributed by atoms with Gasteiger partial charge in [0.05, 0.1) is 18.1 Å². The van der Waals surface area contributed by atoms with E-state index in [0.29, 0.717) is 5.69 Å². The number of aromatic nitrogens is 3. The molecule has 2 aromatic heterocycles. The number of carboxylic acid groups (broad SMARTS) is 1. The number of anilines is 1. The molecule has 7 heteroatoms. The molecule has 1 amide bonds. The Balaban J connectivity index is 1.71. The van der Waals surface area contributed by atoms with Gasteiger partial charge in [0.15, 0.2) is 0 Å². The Morgan fingerprint density at radius 2 is 2.09 bits per heavy atom. The minimum Gasteiger partial charge on any atom is -0.477 e. The smallest absolute Gasteiger partial charge is 0.354 e. The van der Waals surface area contributed by atoms with E-state index < -0.39 is 5.97 Å². The lowest BCUT2D eigenvalue weighted by atomic mass is 10.1. The van der Waals surface area contributed by atoms with Gasteiger partial charge in [0, 0.05) is 17.3 Å². The molecule has 0 aliphatic heterocycles. The number of carbonyl (C=O) groups excluding carboxylic acids is 1. The Morgan fingerprint density at radius 3 is 2.91 bits per heavy atom. The third-order valence-corrected chi connectivity index (χ3v) is 3.13. The van der Waals surface area contributed by atoms with Crippen LogP contribution in [0.15, 0.2) is 42.7 Å². The number of rotatable bonds is 4. The van der Waals surface area contributed by atoms with Crippen LogP contribution in [0.3, 0.4) is 0 Å². The van der Waals surface area contributed by atoms with Gasteiger partial charge in [-0.3, -0.25) is 9.89 Å². The van der Waals surface area contributed by atoms with E-state index in [0.717, 1.165) is 16.5 Å². The molecule has 0 bridgehead atoms. The molecule has 0 spiro atoms. The first-order valence-corrected chi connectivity index (χ1v) is 6.53. The summed E-state index contributed by atoms with van der Waals surface area (Å²) in [7, 11) is 0. The third-order valence-electron chi connectivity index (χ3n) is 3.13. The van der Waals surface area contributed by atoms with Crippen LogP contribution in [0.4, 0.5) is 5.69 Å². The van der Waals surface area contributed by atoms with Crippen molar-refractivity contribution in [1.82, 2.24) is 15.2 Å². The number of carboxylic acids is 1. The van der Waals surface area contributed by atoms with Crippen LogP contribution in [0.2, 0.25) is 0 Å². The molecule has 22 heavy (non-hydrogen) atoms. The van der Waals surface area contributed by atoms with Crippen LogP contribution in [0.1, 0.15) is 16.1 Å². The standard InChI is InChI=1S/C15H12N4O3/c20-14(18-11-3-4-16-13(7-11)15(21)22)6-9-1-2-10-8-17-19-12(10)5-9/h1-5,7-8H,6H2,(H,17,19)(H,21,22)(H,16,18,20). The number of hydrogen-bond acceptors (Lipinski definition) is 4. The maximum absolute atomic E-state index is 12.0. The quantitative estimate of drug-likeness (QED) is 0.680. The lowest BCUT2D eigenvalue weighted by Crippen LogP contribution is -2.15.